The molecular weight excluding hydrogens is 564 g/mol. The summed E-state index contributed by atoms with van der Waals surface area (Å²) >= 11 is 2.12. The SMILES string of the molecule is CCOc1cc(/C=C(/C#N)c2nc3ccc(F)cc3[nH]2)cc(I)c1OCc1cccc(C(=O)O)c1. The molecule has 0 saturated heterocycles. The molecule has 3 aromatic carbocycles. The minimum atomic E-state index is -1.00. The number of allylic oxidation sites excluding steroid dienone is 1. The first-order valence-corrected chi connectivity index (χ1v) is 11.6. The van der Waals surface area contributed by atoms with E-state index in [-0.39, 0.29) is 17.7 Å². The quantitative estimate of drug-likeness (QED) is 0.193. The van der Waals surface area contributed by atoms with Gasteiger partial charge in [0, 0.05) is 0 Å². The van der Waals surface area contributed by atoms with Crippen molar-refractivity contribution in [2.24, 2.45) is 0 Å². The van der Waals surface area contributed by atoms with Gasteiger partial charge in [0.1, 0.15) is 24.3 Å². The number of imidazole rings is 1. The van der Waals surface area contributed by atoms with Crippen molar-refractivity contribution in [3.63, 3.8) is 0 Å². The molecule has 1 aromatic heterocycles. The van der Waals surface area contributed by atoms with Gasteiger partial charge >= 0.3 is 5.97 Å². The van der Waals surface area contributed by atoms with Crippen molar-refractivity contribution in [3.05, 3.63) is 86.5 Å². The number of hydrogen-bond acceptors (Lipinski definition) is 5. The largest absolute Gasteiger partial charge is 0.490 e. The number of benzene rings is 3. The predicted octanol–water partition coefficient (Wildman–Crippen LogP) is 6.05. The van der Waals surface area contributed by atoms with Gasteiger partial charge in [0.25, 0.3) is 0 Å². The zero-order valence-electron chi connectivity index (χ0n) is 18.5. The number of carboxylic acid groups (broad SMARTS) is 1. The Balaban J connectivity index is 1.64. The van der Waals surface area contributed by atoms with Gasteiger partial charge < -0.3 is 19.6 Å². The summed E-state index contributed by atoms with van der Waals surface area (Å²) in [6.45, 7) is 2.41. The van der Waals surface area contributed by atoms with E-state index < -0.39 is 11.8 Å². The Hall–Kier alpha value is -3.91. The molecule has 7 nitrogen and oxygen atoms in total. The van der Waals surface area contributed by atoms with Crippen molar-refractivity contribution >= 4 is 51.2 Å². The highest BCUT2D eigenvalue weighted by atomic mass is 127. The Morgan fingerprint density at radius 3 is 2.80 bits per heavy atom. The molecule has 0 aliphatic heterocycles. The maximum atomic E-state index is 13.5. The second-order valence-electron chi connectivity index (χ2n) is 7.47. The number of aromatic nitrogens is 2. The molecule has 0 spiro atoms. The van der Waals surface area contributed by atoms with Gasteiger partial charge in [-0.05, 0) is 89.2 Å². The fourth-order valence-corrected chi connectivity index (χ4v) is 4.23. The highest BCUT2D eigenvalue weighted by Crippen LogP contribution is 2.36. The lowest BCUT2D eigenvalue weighted by molar-refractivity contribution is 0.0696. The van der Waals surface area contributed by atoms with Crippen LogP contribution in [0.15, 0.2) is 54.6 Å². The van der Waals surface area contributed by atoms with Gasteiger partial charge in [0.15, 0.2) is 11.5 Å². The average Bonchev–Trinajstić information content (AvgIpc) is 3.25. The van der Waals surface area contributed by atoms with Crippen molar-refractivity contribution < 1.29 is 23.8 Å². The Morgan fingerprint density at radius 2 is 2.06 bits per heavy atom. The molecule has 0 amide bonds. The molecule has 0 bridgehead atoms. The number of carbonyl (C=O) groups is 1. The van der Waals surface area contributed by atoms with Gasteiger partial charge in [-0.1, -0.05) is 12.1 Å². The third-order valence-corrected chi connectivity index (χ3v) is 5.82. The fourth-order valence-electron chi connectivity index (χ4n) is 3.45. The van der Waals surface area contributed by atoms with E-state index in [0.717, 1.165) is 3.57 Å². The van der Waals surface area contributed by atoms with Crippen molar-refractivity contribution in [2.75, 3.05) is 6.61 Å². The van der Waals surface area contributed by atoms with Crippen molar-refractivity contribution in [1.29, 1.82) is 5.26 Å². The third-order valence-electron chi connectivity index (χ3n) is 5.02. The number of aromatic carboxylic acids is 1. The smallest absolute Gasteiger partial charge is 0.335 e. The molecule has 4 rings (SSSR count). The van der Waals surface area contributed by atoms with Gasteiger partial charge in [-0.25, -0.2) is 14.2 Å². The topological polar surface area (TPSA) is 108 Å². The normalized spacial score (nSPS) is 11.3. The van der Waals surface area contributed by atoms with Gasteiger partial charge in [-0.2, -0.15) is 5.26 Å². The van der Waals surface area contributed by atoms with Crippen molar-refractivity contribution in [3.8, 4) is 17.6 Å². The minimum absolute atomic E-state index is 0.158. The van der Waals surface area contributed by atoms with Crippen LogP contribution >= 0.6 is 22.6 Å². The van der Waals surface area contributed by atoms with E-state index >= 15 is 0 Å². The standard InChI is InChI=1S/C26H19FIN3O4/c1-2-34-23-11-16(9-18(13-29)25-30-21-7-6-19(27)12-22(21)31-25)10-20(28)24(23)35-14-15-4-3-5-17(8-15)26(32)33/h3-12H,2,14H2,1H3,(H,30,31)(H,32,33)/b18-9-. The summed E-state index contributed by atoms with van der Waals surface area (Å²) in [6, 6.07) is 16.5. The molecule has 0 aliphatic rings. The Labute approximate surface area is 214 Å². The molecule has 2 N–H and O–H groups in total. The Bertz CT molecular complexity index is 1490. The van der Waals surface area contributed by atoms with E-state index in [2.05, 4.69) is 38.6 Å². The summed E-state index contributed by atoms with van der Waals surface area (Å²) in [6.07, 6.45) is 1.67. The van der Waals surface area contributed by atoms with Crippen LogP contribution in [-0.4, -0.2) is 27.7 Å². The molecule has 9 heteroatoms. The second-order valence-corrected chi connectivity index (χ2v) is 8.64. The van der Waals surface area contributed by atoms with Gasteiger partial charge in [0.05, 0.1) is 32.3 Å². The first kappa shape index (κ1) is 24.2. The summed E-state index contributed by atoms with van der Waals surface area (Å²) in [7, 11) is 0. The number of carboxylic acids is 1. The highest BCUT2D eigenvalue weighted by molar-refractivity contribution is 14.1. The van der Waals surface area contributed by atoms with Crippen LogP contribution in [0.4, 0.5) is 4.39 Å². The third kappa shape index (κ3) is 5.60. The first-order valence-electron chi connectivity index (χ1n) is 10.6. The number of rotatable bonds is 8. The lowest BCUT2D eigenvalue weighted by Crippen LogP contribution is -2.03. The number of aromatic amines is 1. The fraction of sp³-hybridized carbons (Fsp3) is 0.115. The summed E-state index contributed by atoms with van der Waals surface area (Å²) in [5.74, 6) is -0.0569. The number of H-pyrrole nitrogens is 1. The van der Waals surface area contributed by atoms with E-state index in [1.807, 2.05) is 13.0 Å². The minimum Gasteiger partial charge on any atom is -0.490 e. The van der Waals surface area contributed by atoms with Crippen LogP contribution in [0.1, 0.15) is 34.2 Å². The molecule has 176 valence electrons. The number of nitrogens with zero attached hydrogens (tertiary/aromatic N) is 2. The van der Waals surface area contributed by atoms with E-state index in [4.69, 9.17) is 9.47 Å². The lowest BCUT2D eigenvalue weighted by Gasteiger charge is -2.15. The van der Waals surface area contributed by atoms with Crippen LogP contribution in [0.3, 0.4) is 0 Å². The van der Waals surface area contributed by atoms with Crippen LogP contribution in [0.2, 0.25) is 0 Å². The molecule has 35 heavy (non-hydrogen) atoms. The van der Waals surface area contributed by atoms with Crippen LogP contribution in [0.5, 0.6) is 11.5 Å². The van der Waals surface area contributed by atoms with Gasteiger partial charge in [-0.15, -0.1) is 0 Å². The van der Waals surface area contributed by atoms with Crippen LogP contribution in [0, 0.1) is 20.7 Å². The first-order chi connectivity index (χ1) is 16.9. The van der Waals surface area contributed by atoms with E-state index in [0.29, 0.717) is 46.1 Å². The molecule has 0 fully saturated rings. The summed E-state index contributed by atoms with van der Waals surface area (Å²) in [4.78, 5) is 18.6. The van der Waals surface area contributed by atoms with E-state index in [1.54, 1.807) is 36.4 Å². The van der Waals surface area contributed by atoms with Crippen molar-refractivity contribution in [1.82, 2.24) is 9.97 Å². The highest BCUT2D eigenvalue weighted by Gasteiger charge is 2.15. The molecular formula is C26H19FIN3O4. The number of nitriles is 1. The molecule has 0 saturated carbocycles. The van der Waals surface area contributed by atoms with Crippen LogP contribution < -0.4 is 9.47 Å². The monoisotopic (exact) mass is 583 g/mol. The average molecular weight is 583 g/mol. The Kier molecular flexibility index (Phi) is 7.31. The summed E-state index contributed by atoms with van der Waals surface area (Å²) in [5.41, 5.74) is 2.92. The summed E-state index contributed by atoms with van der Waals surface area (Å²) in [5, 5.41) is 18.9. The molecule has 0 atom stereocenters. The number of nitrogens with one attached hydrogen (secondary N) is 1. The second kappa shape index (κ2) is 10.6. The van der Waals surface area contributed by atoms with E-state index in [9.17, 15) is 19.6 Å². The summed E-state index contributed by atoms with van der Waals surface area (Å²) < 4.78 is 26.1. The van der Waals surface area contributed by atoms with Crippen LogP contribution in [0.25, 0.3) is 22.7 Å². The maximum Gasteiger partial charge on any atom is 0.335 e. The number of ether oxygens (including phenoxy) is 2. The zero-order chi connectivity index (χ0) is 24.9. The maximum absolute atomic E-state index is 13.5. The molecule has 0 aliphatic carbocycles. The number of halogens is 2. The molecule has 4 aromatic rings. The van der Waals surface area contributed by atoms with Crippen LogP contribution in [-0.2, 0) is 6.61 Å². The predicted molar refractivity (Wildman–Crippen MR) is 138 cm³/mol. The number of fused-ring (bicyclic) bond motifs is 1. The van der Waals surface area contributed by atoms with E-state index in [1.165, 1.54) is 18.2 Å². The molecule has 0 radical (unpaired) electrons. The molecule has 1 heterocycles. The Morgan fingerprint density at radius 1 is 1.23 bits per heavy atom. The van der Waals surface area contributed by atoms with Gasteiger partial charge in [0.2, 0.25) is 0 Å². The number of hydrogen-bond donors (Lipinski definition) is 2. The van der Waals surface area contributed by atoms with Gasteiger partial charge in [-0.3, -0.25) is 0 Å². The molecule has 0 unspecified atom stereocenters. The lowest BCUT2D eigenvalue weighted by atomic mass is 10.1. The van der Waals surface area contributed by atoms with Crippen molar-refractivity contribution in [2.45, 2.75) is 13.5 Å². The zero-order valence-corrected chi connectivity index (χ0v) is 20.7.